The summed E-state index contributed by atoms with van der Waals surface area (Å²) in [6, 6.07) is 22.2. The van der Waals surface area contributed by atoms with E-state index in [9.17, 15) is 4.79 Å². The average molecular weight is 457 g/mol. The van der Waals surface area contributed by atoms with Gasteiger partial charge in [0.2, 0.25) is 5.82 Å². The lowest BCUT2D eigenvalue weighted by Gasteiger charge is -2.09. The summed E-state index contributed by atoms with van der Waals surface area (Å²) in [4.78, 5) is 13.9. The number of nitrogens with zero attached hydrogens (tertiary/aromatic N) is 5. The maximum absolute atomic E-state index is 12.4. The highest BCUT2D eigenvalue weighted by atomic mass is 16.5. The number of methoxy groups -OCH3 is 1. The van der Waals surface area contributed by atoms with Gasteiger partial charge in [0.25, 0.3) is 5.91 Å². The molecule has 172 valence electrons. The number of benzene rings is 3. The molecular formula is C25H24N6O3. The number of rotatable bonds is 9. The molecule has 9 nitrogen and oxygen atoms in total. The first-order valence-corrected chi connectivity index (χ1v) is 10.7. The van der Waals surface area contributed by atoms with Gasteiger partial charge >= 0.3 is 0 Å². The molecule has 1 amide bonds. The van der Waals surface area contributed by atoms with Gasteiger partial charge in [0, 0.05) is 11.1 Å². The number of tetrazole rings is 1. The van der Waals surface area contributed by atoms with Gasteiger partial charge in [-0.1, -0.05) is 42.5 Å². The van der Waals surface area contributed by atoms with E-state index in [0.717, 1.165) is 16.7 Å². The fourth-order valence-corrected chi connectivity index (χ4v) is 3.21. The van der Waals surface area contributed by atoms with Crippen LogP contribution in [0, 0.1) is 0 Å². The van der Waals surface area contributed by atoms with E-state index in [1.165, 1.54) is 4.80 Å². The SMILES string of the molecule is CCOc1ccc(/C=N/NC(=O)c2ccc(Cn3nnc(-c4ccccc4)n3)cc2)cc1OC. The number of hydrogen-bond donors (Lipinski definition) is 1. The van der Waals surface area contributed by atoms with Gasteiger partial charge < -0.3 is 9.47 Å². The van der Waals surface area contributed by atoms with Gasteiger partial charge in [-0.05, 0) is 53.6 Å². The summed E-state index contributed by atoms with van der Waals surface area (Å²) in [7, 11) is 1.57. The lowest BCUT2D eigenvalue weighted by molar-refractivity contribution is 0.0955. The first-order valence-electron chi connectivity index (χ1n) is 10.7. The molecule has 0 radical (unpaired) electrons. The van der Waals surface area contributed by atoms with Crippen LogP contribution in [0.15, 0.2) is 77.9 Å². The average Bonchev–Trinajstić information content (AvgIpc) is 3.34. The van der Waals surface area contributed by atoms with Crippen molar-refractivity contribution in [1.29, 1.82) is 0 Å². The molecular weight excluding hydrogens is 432 g/mol. The Labute approximate surface area is 197 Å². The van der Waals surface area contributed by atoms with Crippen LogP contribution in [-0.4, -0.2) is 46.0 Å². The highest BCUT2D eigenvalue weighted by Gasteiger charge is 2.08. The molecule has 1 heterocycles. The number of aromatic nitrogens is 4. The fourth-order valence-electron chi connectivity index (χ4n) is 3.21. The van der Waals surface area contributed by atoms with E-state index in [4.69, 9.17) is 9.47 Å². The molecule has 4 aromatic rings. The molecule has 4 rings (SSSR count). The molecule has 0 saturated heterocycles. The second-order valence-electron chi connectivity index (χ2n) is 7.25. The van der Waals surface area contributed by atoms with Crippen molar-refractivity contribution in [1.82, 2.24) is 25.6 Å². The zero-order valence-electron chi connectivity index (χ0n) is 18.9. The van der Waals surface area contributed by atoms with Crippen LogP contribution in [0.4, 0.5) is 0 Å². The van der Waals surface area contributed by atoms with Crippen LogP contribution in [0.1, 0.15) is 28.4 Å². The summed E-state index contributed by atoms with van der Waals surface area (Å²) < 4.78 is 10.8. The van der Waals surface area contributed by atoms with Crippen LogP contribution >= 0.6 is 0 Å². The molecule has 0 aliphatic heterocycles. The first-order chi connectivity index (χ1) is 16.7. The third-order valence-electron chi connectivity index (χ3n) is 4.89. The molecule has 1 N–H and O–H groups in total. The van der Waals surface area contributed by atoms with Gasteiger partial charge in [0.1, 0.15) is 0 Å². The van der Waals surface area contributed by atoms with E-state index < -0.39 is 0 Å². The Kier molecular flexibility index (Phi) is 7.24. The van der Waals surface area contributed by atoms with Crippen molar-refractivity contribution < 1.29 is 14.3 Å². The van der Waals surface area contributed by atoms with Crippen molar-refractivity contribution in [3.05, 3.63) is 89.5 Å². The summed E-state index contributed by atoms with van der Waals surface area (Å²) in [5.41, 5.74) is 5.64. The van der Waals surface area contributed by atoms with Gasteiger partial charge in [-0.2, -0.15) is 9.90 Å². The third-order valence-corrected chi connectivity index (χ3v) is 4.89. The quantitative estimate of drug-likeness (QED) is 0.305. The Hall–Kier alpha value is -4.53. The van der Waals surface area contributed by atoms with Crippen molar-refractivity contribution in [3.8, 4) is 22.9 Å². The fraction of sp³-hybridized carbons (Fsp3) is 0.160. The van der Waals surface area contributed by atoms with Gasteiger partial charge in [-0.15, -0.1) is 10.2 Å². The summed E-state index contributed by atoms with van der Waals surface area (Å²) in [5, 5.41) is 16.6. The molecule has 0 saturated carbocycles. The summed E-state index contributed by atoms with van der Waals surface area (Å²) in [6.45, 7) is 2.90. The Morgan fingerprint density at radius 3 is 2.59 bits per heavy atom. The first kappa shape index (κ1) is 22.7. The maximum Gasteiger partial charge on any atom is 0.271 e. The molecule has 0 spiro atoms. The van der Waals surface area contributed by atoms with E-state index in [2.05, 4.69) is 25.9 Å². The van der Waals surface area contributed by atoms with Crippen LogP contribution in [0.3, 0.4) is 0 Å². The predicted molar refractivity (Wildman–Crippen MR) is 128 cm³/mol. The number of amides is 1. The van der Waals surface area contributed by atoms with Crippen molar-refractivity contribution in [2.24, 2.45) is 5.10 Å². The zero-order chi connectivity index (χ0) is 23.8. The molecule has 1 aromatic heterocycles. The van der Waals surface area contributed by atoms with Crippen molar-refractivity contribution >= 4 is 12.1 Å². The van der Waals surface area contributed by atoms with Gasteiger partial charge in [0.15, 0.2) is 11.5 Å². The zero-order valence-corrected chi connectivity index (χ0v) is 18.9. The molecule has 34 heavy (non-hydrogen) atoms. The van der Waals surface area contributed by atoms with Crippen molar-refractivity contribution in [2.45, 2.75) is 13.5 Å². The Balaban J connectivity index is 1.34. The smallest absolute Gasteiger partial charge is 0.271 e. The lowest BCUT2D eigenvalue weighted by atomic mass is 10.1. The monoisotopic (exact) mass is 456 g/mol. The van der Waals surface area contributed by atoms with E-state index in [-0.39, 0.29) is 5.91 Å². The predicted octanol–water partition coefficient (Wildman–Crippen LogP) is 3.56. The largest absolute Gasteiger partial charge is 0.493 e. The third kappa shape index (κ3) is 5.63. The highest BCUT2D eigenvalue weighted by molar-refractivity contribution is 5.95. The molecule has 0 bridgehead atoms. The topological polar surface area (TPSA) is 104 Å². The van der Waals surface area contributed by atoms with E-state index in [0.29, 0.717) is 36.0 Å². The Morgan fingerprint density at radius 2 is 1.85 bits per heavy atom. The van der Waals surface area contributed by atoms with Gasteiger partial charge in [-0.25, -0.2) is 5.43 Å². The minimum Gasteiger partial charge on any atom is -0.493 e. The van der Waals surface area contributed by atoms with Crippen molar-refractivity contribution in [3.63, 3.8) is 0 Å². The molecule has 0 atom stereocenters. The normalized spacial score (nSPS) is 10.9. The Bertz CT molecular complexity index is 1270. The van der Waals surface area contributed by atoms with Gasteiger partial charge in [-0.3, -0.25) is 4.79 Å². The minimum absolute atomic E-state index is 0.314. The number of nitrogens with one attached hydrogen (secondary N) is 1. The van der Waals surface area contributed by atoms with E-state index in [1.807, 2.05) is 55.5 Å². The van der Waals surface area contributed by atoms with Gasteiger partial charge in [0.05, 0.1) is 26.5 Å². The van der Waals surface area contributed by atoms with Crippen LogP contribution in [0.2, 0.25) is 0 Å². The molecule has 3 aromatic carbocycles. The molecule has 0 unspecified atom stereocenters. The Morgan fingerprint density at radius 1 is 1.06 bits per heavy atom. The van der Waals surface area contributed by atoms with Crippen LogP contribution < -0.4 is 14.9 Å². The summed E-state index contributed by atoms with van der Waals surface area (Å²) in [6.07, 6.45) is 1.55. The second kappa shape index (κ2) is 10.9. The lowest BCUT2D eigenvalue weighted by Crippen LogP contribution is -2.17. The van der Waals surface area contributed by atoms with Crippen molar-refractivity contribution in [2.75, 3.05) is 13.7 Å². The van der Waals surface area contributed by atoms with E-state index in [1.54, 1.807) is 37.6 Å². The summed E-state index contributed by atoms with van der Waals surface area (Å²) >= 11 is 0. The maximum atomic E-state index is 12.4. The molecule has 0 aliphatic carbocycles. The number of ether oxygens (including phenoxy) is 2. The number of carbonyl (C=O) groups excluding carboxylic acids is 1. The highest BCUT2D eigenvalue weighted by Crippen LogP contribution is 2.27. The van der Waals surface area contributed by atoms with Crippen LogP contribution in [-0.2, 0) is 6.54 Å². The standard InChI is InChI=1S/C25H24N6O3/c1-3-34-22-14-11-19(15-23(22)33-2)16-26-28-25(32)21-12-9-18(10-13-21)17-31-29-24(27-30-31)20-7-5-4-6-8-20/h4-16H,3,17H2,1-2H3,(H,28,32)/b26-16+. The minimum atomic E-state index is -0.314. The molecule has 9 heteroatoms. The van der Waals surface area contributed by atoms with Crippen LogP contribution in [0.5, 0.6) is 11.5 Å². The number of carbonyl (C=O) groups is 1. The second-order valence-corrected chi connectivity index (χ2v) is 7.25. The number of hydrogen-bond acceptors (Lipinski definition) is 7. The summed E-state index contributed by atoms with van der Waals surface area (Å²) in [5.74, 6) is 1.51. The number of hydrazone groups is 1. The van der Waals surface area contributed by atoms with E-state index >= 15 is 0 Å². The molecule has 0 fully saturated rings. The molecule has 0 aliphatic rings. The van der Waals surface area contributed by atoms with Crippen LogP contribution in [0.25, 0.3) is 11.4 Å².